The molecule has 16 heavy (non-hydrogen) atoms. The topological polar surface area (TPSA) is 49.8 Å². The Morgan fingerprint density at radius 1 is 1.38 bits per heavy atom. The van der Waals surface area contributed by atoms with Gasteiger partial charge in [0, 0.05) is 13.1 Å². The Labute approximate surface area is 94.4 Å². The van der Waals surface area contributed by atoms with E-state index in [0.29, 0.717) is 11.3 Å². The molecule has 2 rings (SSSR count). The molecule has 1 aromatic carbocycles. The summed E-state index contributed by atoms with van der Waals surface area (Å²) in [7, 11) is 1.54. The Bertz CT molecular complexity index is 397. The molecule has 0 atom stereocenters. The van der Waals surface area contributed by atoms with Gasteiger partial charge in [-0.05, 0) is 31.0 Å². The van der Waals surface area contributed by atoms with Gasteiger partial charge in [0.1, 0.15) is 5.75 Å². The van der Waals surface area contributed by atoms with Gasteiger partial charge in [0.25, 0.3) is 0 Å². The average molecular weight is 221 g/mol. The molecule has 0 spiro atoms. The van der Waals surface area contributed by atoms with Crippen LogP contribution in [-0.4, -0.2) is 31.3 Å². The third kappa shape index (κ3) is 1.96. The fourth-order valence-electron chi connectivity index (χ4n) is 2.05. The maximum absolute atomic E-state index is 11.2. The SMILES string of the molecule is COc1ccc(N2CCCC2)c(C(=O)O)c1. The van der Waals surface area contributed by atoms with Gasteiger partial charge in [0.05, 0.1) is 18.4 Å². The number of methoxy groups -OCH3 is 1. The number of benzene rings is 1. The van der Waals surface area contributed by atoms with Gasteiger partial charge < -0.3 is 14.7 Å². The maximum Gasteiger partial charge on any atom is 0.337 e. The van der Waals surface area contributed by atoms with E-state index in [-0.39, 0.29) is 0 Å². The molecule has 0 aromatic heterocycles. The standard InChI is InChI=1S/C12H15NO3/c1-16-9-4-5-11(10(8-9)12(14)15)13-6-2-3-7-13/h4-5,8H,2-3,6-7H2,1H3,(H,14,15). The van der Waals surface area contributed by atoms with Gasteiger partial charge in [-0.2, -0.15) is 0 Å². The molecule has 0 aliphatic carbocycles. The number of carboxylic acid groups (broad SMARTS) is 1. The van der Waals surface area contributed by atoms with Gasteiger partial charge in [-0.3, -0.25) is 0 Å². The van der Waals surface area contributed by atoms with Crippen LogP contribution in [0.2, 0.25) is 0 Å². The second kappa shape index (κ2) is 4.43. The van der Waals surface area contributed by atoms with Gasteiger partial charge in [-0.25, -0.2) is 4.79 Å². The number of aromatic carboxylic acids is 1. The Kier molecular flexibility index (Phi) is 2.99. The minimum atomic E-state index is -0.902. The van der Waals surface area contributed by atoms with Crippen molar-refractivity contribution in [3.05, 3.63) is 23.8 Å². The first-order chi connectivity index (χ1) is 7.72. The molecule has 0 unspecified atom stereocenters. The second-order valence-corrected chi connectivity index (χ2v) is 3.88. The lowest BCUT2D eigenvalue weighted by Gasteiger charge is -2.20. The first-order valence-electron chi connectivity index (χ1n) is 5.38. The summed E-state index contributed by atoms with van der Waals surface area (Å²) in [6, 6.07) is 5.21. The van der Waals surface area contributed by atoms with Crippen molar-refractivity contribution < 1.29 is 14.6 Å². The molecule has 1 N–H and O–H groups in total. The Morgan fingerprint density at radius 2 is 2.06 bits per heavy atom. The van der Waals surface area contributed by atoms with Gasteiger partial charge in [0.15, 0.2) is 0 Å². The molecule has 1 aliphatic heterocycles. The third-order valence-corrected chi connectivity index (χ3v) is 2.88. The number of anilines is 1. The number of carbonyl (C=O) groups is 1. The maximum atomic E-state index is 11.2. The lowest BCUT2D eigenvalue weighted by atomic mass is 10.1. The van der Waals surface area contributed by atoms with Crippen molar-refractivity contribution in [3.8, 4) is 5.75 Å². The smallest absolute Gasteiger partial charge is 0.337 e. The van der Waals surface area contributed by atoms with Crippen molar-refractivity contribution in [2.75, 3.05) is 25.1 Å². The highest BCUT2D eigenvalue weighted by atomic mass is 16.5. The van der Waals surface area contributed by atoms with Crippen LogP contribution in [0.3, 0.4) is 0 Å². The molecule has 1 aliphatic rings. The number of carboxylic acids is 1. The number of hydrogen-bond donors (Lipinski definition) is 1. The lowest BCUT2D eigenvalue weighted by molar-refractivity contribution is 0.0697. The number of ether oxygens (including phenoxy) is 1. The van der Waals surface area contributed by atoms with E-state index in [4.69, 9.17) is 9.84 Å². The van der Waals surface area contributed by atoms with Crippen LogP contribution in [0.1, 0.15) is 23.2 Å². The van der Waals surface area contributed by atoms with Crippen LogP contribution in [0.25, 0.3) is 0 Å². The summed E-state index contributed by atoms with van der Waals surface area (Å²) in [5.74, 6) is -0.318. The van der Waals surface area contributed by atoms with E-state index >= 15 is 0 Å². The summed E-state index contributed by atoms with van der Waals surface area (Å²) in [5, 5.41) is 9.16. The largest absolute Gasteiger partial charge is 0.497 e. The van der Waals surface area contributed by atoms with E-state index in [9.17, 15) is 4.79 Å². The van der Waals surface area contributed by atoms with Crippen molar-refractivity contribution in [1.29, 1.82) is 0 Å². The molecule has 4 nitrogen and oxygen atoms in total. The summed E-state index contributed by atoms with van der Waals surface area (Å²) in [6.45, 7) is 1.87. The average Bonchev–Trinajstić information content (AvgIpc) is 2.81. The second-order valence-electron chi connectivity index (χ2n) is 3.88. The Morgan fingerprint density at radius 3 is 2.62 bits per heavy atom. The van der Waals surface area contributed by atoms with Crippen LogP contribution in [0.5, 0.6) is 5.75 Å². The monoisotopic (exact) mass is 221 g/mol. The summed E-state index contributed by atoms with van der Waals surface area (Å²) in [5.41, 5.74) is 1.12. The molecular formula is C12H15NO3. The van der Waals surface area contributed by atoms with Crippen molar-refractivity contribution in [3.63, 3.8) is 0 Å². The number of nitrogens with zero attached hydrogens (tertiary/aromatic N) is 1. The highest BCUT2D eigenvalue weighted by Gasteiger charge is 2.19. The molecule has 0 saturated carbocycles. The predicted octanol–water partition coefficient (Wildman–Crippen LogP) is 1.99. The molecular weight excluding hydrogens is 206 g/mol. The normalized spacial score (nSPS) is 15.2. The van der Waals surface area contributed by atoms with Crippen molar-refractivity contribution in [2.24, 2.45) is 0 Å². The van der Waals surface area contributed by atoms with Crippen molar-refractivity contribution in [2.45, 2.75) is 12.8 Å². The van der Waals surface area contributed by atoms with Crippen LogP contribution >= 0.6 is 0 Å². The highest BCUT2D eigenvalue weighted by Crippen LogP contribution is 2.28. The van der Waals surface area contributed by atoms with Crippen LogP contribution < -0.4 is 9.64 Å². The van der Waals surface area contributed by atoms with Gasteiger partial charge in [-0.1, -0.05) is 0 Å². The van der Waals surface area contributed by atoms with Crippen molar-refractivity contribution >= 4 is 11.7 Å². The first kappa shape index (κ1) is 10.8. The van der Waals surface area contributed by atoms with Gasteiger partial charge in [-0.15, -0.1) is 0 Å². The quantitative estimate of drug-likeness (QED) is 0.848. The van der Waals surface area contributed by atoms with Gasteiger partial charge >= 0.3 is 5.97 Å². The van der Waals surface area contributed by atoms with Crippen LogP contribution in [0.15, 0.2) is 18.2 Å². The van der Waals surface area contributed by atoms with Crippen LogP contribution in [0.4, 0.5) is 5.69 Å². The van der Waals surface area contributed by atoms with E-state index in [1.165, 1.54) is 7.11 Å². The zero-order valence-corrected chi connectivity index (χ0v) is 9.27. The molecule has 1 aromatic rings. The Hall–Kier alpha value is -1.71. The van der Waals surface area contributed by atoms with Gasteiger partial charge in [0.2, 0.25) is 0 Å². The summed E-state index contributed by atoms with van der Waals surface area (Å²) in [4.78, 5) is 13.3. The fourth-order valence-corrected chi connectivity index (χ4v) is 2.05. The molecule has 4 heteroatoms. The number of hydrogen-bond acceptors (Lipinski definition) is 3. The molecule has 1 saturated heterocycles. The van der Waals surface area contributed by atoms with Crippen LogP contribution in [0, 0.1) is 0 Å². The highest BCUT2D eigenvalue weighted by molar-refractivity contribution is 5.95. The molecule has 86 valence electrons. The van der Waals surface area contributed by atoms with E-state index in [1.54, 1.807) is 12.1 Å². The van der Waals surface area contributed by atoms with E-state index < -0.39 is 5.97 Å². The minimum Gasteiger partial charge on any atom is -0.497 e. The zero-order chi connectivity index (χ0) is 11.5. The summed E-state index contributed by atoms with van der Waals surface area (Å²) < 4.78 is 5.04. The molecule has 0 radical (unpaired) electrons. The Balaban J connectivity index is 2.39. The molecule has 1 fully saturated rings. The van der Waals surface area contributed by atoms with Crippen LogP contribution in [-0.2, 0) is 0 Å². The summed E-state index contributed by atoms with van der Waals surface area (Å²) >= 11 is 0. The molecule has 0 bridgehead atoms. The predicted molar refractivity (Wildman–Crippen MR) is 61.4 cm³/mol. The molecule has 1 heterocycles. The molecule has 0 amide bonds. The first-order valence-corrected chi connectivity index (χ1v) is 5.38. The lowest BCUT2D eigenvalue weighted by Crippen LogP contribution is -2.20. The van der Waals surface area contributed by atoms with E-state index in [1.807, 2.05) is 6.07 Å². The van der Waals surface area contributed by atoms with E-state index in [2.05, 4.69) is 4.90 Å². The van der Waals surface area contributed by atoms with Crippen molar-refractivity contribution in [1.82, 2.24) is 0 Å². The fraction of sp³-hybridized carbons (Fsp3) is 0.417. The zero-order valence-electron chi connectivity index (χ0n) is 9.27. The van der Waals surface area contributed by atoms with E-state index in [0.717, 1.165) is 31.6 Å². The summed E-state index contributed by atoms with van der Waals surface area (Å²) in [6.07, 6.45) is 2.26. The minimum absolute atomic E-state index is 0.321. The third-order valence-electron chi connectivity index (χ3n) is 2.88. The number of rotatable bonds is 3.